The van der Waals surface area contributed by atoms with Gasteiger partial charge in [0, 0.05) is 10.9 Å². The first-order valence-corrected chi connectivity index (χ1v) is 7.59. The Balaban J connectivity index is 2.07. The third-order valence-corrected chi connectivity index (χ3v) is 4.08. The van der Waals surface area contributed by atoms with Gasteiger partial charge in [0.05, 0.1) is 7.11 Å². The predicted molar refractivity (Wildman–Crippen MR) is 82.2 cm³/mol. The number of nitrogens with one attached hydrogen (secondary N) is 1. The molecule has 0 amide bonds. The van der Waals surface area contributed by atoms with Crippen LogP contribution in [0.4, 0.5) is 0 Å². The van der Waals surface area contributed by atoms with Crippen LogP contribution in [-0.2, 0) is 12.8 Å². The van der Waals surface area contributed by atoms with Crippen LogP contribution in [-0.4, -0.2) is 19.7 Å². The van der Waals surface area contributed by atoms with E-state index in [1.807, 2.05) is 23.5 Å². The van der Waals surface area contributed by atoms with Gasteiger partial charge in [0.15, 0.2) is 0 Å². The van der Waals surface area contributed by atoms with Gasteiger partial charge in [-0.3, -0.25) is 0 Å². The lowest BCUT2D eigenvalue weighted by molar-refractivity contribution is 0.405. The van der Waals surface area contributed by atoms with Gasteiger partial charge in [-0.25, -0.2) is 0 Å². The maximum atomic E-state index is 5.43. The molecule has 0 aliphatic rings. The van der Waals surface area contributed by atoms with Crippen LogP contribution in [0.3, 0.4) is 0 Å². The van der Waals surface area contributed by atoms with Gasteiger partial charge in [-0.15, -0.1) is 11.3 Å². The first kappa shape index (κ1) is 14.1. The Hall–Kier alpha value is -1.32. The second-order valence-corrected chi connectivity index (χ2v) is 5.59. The minimum atomic E-state index is 0.458. The van der Waals surface area contributed by atoms with Crippen molar-refractivity contribution in [2.24, 2.45) is 0 Å². The number of thiophene rings is 1. The Morgan fingerprint density at radius 1 is 1.16 bits per heavy atom. The summed E-state index contributed by atoms with van der Waals surface area (Å²) in [6, 6.07) is 13.1. The van der Waals surface area contributed by atoms with E-state index >= 15 is 0 Å². The van der Waals surface area contributed by atoms with Crippen molar-refractivity contribution in [1.29, 1.82) is 0 Å². The molecule has 0 bridgehead atoms. The van der Waals surface area contributed by atoms with Gasteiger partial charge < -0.3 is 10.1 Å². The highest BCUT2D eigenvalue weighted by atomic mass is 32.1. The zero-order chi connectivity index (χ0) is 13.5. The molecule has 1 aromatic heterocycles. The molecule has 0 fully saturated rings. The molecule has 0 aliphatic carbocycles. The van der Waals surface area contributed by atoms with E-state index in [0.29, 0.717) is 6.04 Å². The summed E-state index contributed by atoms with van der Waals surface area (Å²) in [4.78, 5) is 1.43. The molecule has 3 heteroatoms. The molecule has 1 atom stereocenters. The molecule has 102 valence electrons. The van der Waals surface area contributed by atoms with Crippen LogP contribution in [0.1, 0.15) is 17.4 Å². The summed E-state index contributed by atoms with van der Waals surface area (Å²) in [5.74, 6) is 0.983. The summed E-state index contributed by atoms with van der Waals surface area (Å²) in [6.45, 7) is 3.15. The molecule has 1 N–H and O–H groups in total. The molecular formula is C16H21NOS. The van der Waals surface area contributed by atoms with E-state index < -0.39 is 0 Å². The maximum Gasteiger partial charge on any atom is 0.122 e. The zero-order valence-corrected chi connectivity index (χ0v) is 12.4. The number of para-hydroxylation sites is 1. The number of likely N-dealkylation sites (N-methyl/N-ethyl adjacent to an activating group) is 1. The molecule has 2 rings (SSSR count). The van der Waals surface area contributed by atoms with E-state index in [9.17, 15) is 0 Å². The van der Waals surface area contributed by atoms with E-state index in [-0.39, 0.29) is 0 Å². The van der Waals surface area contributed by atoms with Gasteiger partial charge in [-0.2, -0.15) is 0 Å². The third kappa shape index (κ3) is 4.08. The monoisotopic (exact) mass is 275 g/mol. The normalized spacial score (nSPS) is 12.3. The molecule has 2 nitrogen and oxygen atoms in total. The minimum absolute atomic E-state index is 0.458. The first-order chi connectivity index (χ1) is 9.33. The Kier molecular flexibility index (Phi) is 5.43. The summed E-state index contributed by atoms with van der Waals surface area (Å²) in [6.07, 6.45) is 2.07. The molecular weight excluding hydrogens is 254 g/mol. The van der Waals surface area contributed by atoms with Gasteiger partial charge in [0.2, 0.25) is 0 Å². The van der Waals surface area contributed by atoms with E-state index in [4.69, 9.17) is 4.74 Å². The molecule has 0 saturated heterocycles. The Morgan fingerprint density at radius 2 is 2.00 bits per heavy atom. The van der Waals surface area contributed by atoms with Crippen LogP contribution >= 0.6 is 11.3 Å². The van der Waals surface area contributed by atoms with Crippen molar-refractivity contribution in [3.8, 4) is 5.75 Å². The van der Waals surface area contributed by atoms with Crippen molar-refractivity contribution >= 4 is 11.3 Å². The molecule has 19 heavy (non-hydrogen) atoms. The van der Waals surface area contributed by atoms with Crippen molar-refractivity contribution in [2.75, 3.05) is 13.7 Å². The molecule has 0 saturated carbocycles. The number of rotatable bonds is 7. The molecule has 1 aromatic carbocycles. The molecule has 0 radical (unpaired) electrons. The summed E-state index contributed by atoms with van der Waals surface area (Å²) in [5, 5.41) is 5.71. The Morgan fingerprint density at radius 3 is 2.68 bits per heavy atom. The van der Waals surface area contributed by atoms with Crippen molar-refractivity contribution in [3.05, 3.63) is 52.2 Å². The van der Waals surface area contributed by atoms with E-state index in [1.165, 1.54) is 10.4 Å². The predicted octanol–water partition coefficient (Wildman–Crippen LogP) is 3.52. The number of hydrogen-bond acceptors (Lipinski definition) is 3. The van der Waals surface area contributed by atoms with Gasteiger partial charge in [-0.1, -0.05) is 31.2 Å². The average molecular weight is 275 g/mol. The standard InChI is InChI=1S/C16H21NOS/c1-3-17-14(12-15-8-6-10-19-15)11-13-7-4-5-9-16(13)18-2/h4-10,14,17H,3,11-12H2,1-2H3. The molecule has 0 aliphatic heterocycles. The summed E-state index contributed by atoms with van der Waals surface area (Å²) in [5.41, 5.74) is 1.27. The largest absolute Gasteiger partial charge is 0.496 e. The van der Waals surface area contributed by atoms with Crippen molar-refractivity contribution in [2.45, 2.75) is 25.8 Å². The smallest absolute Gasteiger partial charge is 0.122 e. The topological polar surface area (TPSA) is 21.3 Å². The lowest BCUT2D eigenvalue weighted by atomic mass is 10.0. The second-order valence-electron chi connectivity index (χ2n) is 4.55. The molecule has 1 heterocycles. The summed E-state index contributed by atoms with van der Waals surface area (Å²) >= 11 is 1.83. The molecule has 0 spiro atoms. The van der Waals surface area contributed by atoms with Crippen molar-refractivity contribution in [3.63, 3.8) is 0 Å². The fourth-order valence-corrected chi connectivity index (χ4v) is 3.10. The highest BCUT2D eigenvalue weighted by Gasteiger charge is 2.12. The van der Waals surface area contributed by atoms with E-state index in [0.717, 1.165) is 25.1 Å². The number of hydrogen-bond donors (Lipinski definition) is 1. The highest BCUT2D eigenvalue weighted by Crippen LogP contribution is 2.21. The van der Waals surface area contributed by atoms with Crippen LogP contribution in [0.2, 0.25) is 0 Å². The van der Waals surface area contributed by atoms with Crippen molar-refractivity contribution in [1.82, 2.24) is 5.32 Å². The fraction of sp³-hybridized carbons (Fsp3) is 0.375. The van der Waals surface area contributed by atoms with Crippen LogP contribution in [0, 0.1) is 0 Å². The van der Waals surface area contributed by atoms with E-state index in [1.54, 1.807) is 7.11 Å². The van der Waals surface area contributed by atoms with Gasteiger partial charge in [0.1, 0.15) is 5.75 Å². The first-order valence-electron chi connectivity index (χ1n) is 6.71. The van der Waals surface area contributed by atoms with Crippen LogP contribution in [0.5, 0.6) is 5.75 Å². The molecule has 2 aromatic rings. The average Bonchev–Trinajstić information content (AvgIpc) is 2.92. The van der Waals surface area contributed by atoms with Crippen LogP contribution in [0.15, 0.2) is 41.8 Å². The summed E-state index contributed by atoms with van der Waals surface area (Å²) in [7, 11) is 1.74. The Labute approximate surface area is 119 Å². The van der Waals surface area contributed by atoms with E-state index in [2.05, 4.69) is 41.9 Å². The lowest BCUT2D eigenvalue weighted by Crippen LogP contribution is -2.32. The molecule has 1 unspecified atom stereocenters. The number of methoxy groups -OCH3 is 1. The Bertz CT molecular complexity index is 481. The number of ether oxygens (including phenoxy) is 1. The van der Waals surface area contributed by atoms with Crippen LogP contribution in [0.25, 0.3) is 0 Å². The minimum Gasteiger partial charge on any atom is -0.496 e. The van der Waals surface area contributed by atoms with Crippen molar-refractivity contribution < 1.29 is 4.74 Å². The van der Waals surface area contributed by atoms with Crippen LogP contribution < -0.4 is 10.1 Å². The zero-order valence-electron chi connectivity index (χ0n) is 11.6. The second kappa shape index (κ2) is 7.31. The van der Waals surface area contributed by atoms with Gasteiger partial charge >= 0.3 is 0 Å². The van der Waals surface area contributed by atoms with Gasteiger partial charge in [0.25, 0.3) is 0 Å². The maximum absolute atomic E-state index is 5.43. The lowest BCUT2D eigenvalue weighted by Gasteiger charge is -2.18. The fourth-order valence-electron chi connectivity index (χ4n) is 2.31. The number of benzene rings is 1. The SMILES string of the molecule is CCNC(Cc1cccs1)Cc1ccccc1OC. The third-order valence-electron chi connectivity index (χ3n) is 3.18. The quantitative estimate of drug-likeness (QED) is 0.835. The highest BCUT2D eigenvalue weighted by molar-refractivity contribution is 7.09. The van der Waals surface area contributed by atoms with Gasteiger partial charge in [-0.05, 0) is 42.5 Å². The summed E-state index contributed by atoms with van der Waals surface area (Å²) < 4.78 is 5.43.